The van der Waals surface area contributed by atoms with Crippen LogP contribution in [0.15, 0.2) is 48.8 Å². The maximum Gasteiger partial charge on any atom is 0.139 e. The average Bonchev–Trinajstić information content (AvgIpc) is 2.98. The van der Waals surface area contributed by atoms with Gasteiger partial charge in [0.05, 0.1) is 18.9 Å². The lowest BCUT2D eigenvalue weighted by Gasteiger charge is -2.11. The predicted molar refractivity (Wildman–Crippen MR) is 90.6 cm³/mol. The van der Waals surface area contributed by atoms with Gasteiger partial charge in [-0.3, -0.25) is 0 Å². The zero-order valence-electron chi connectivity index (χ0n) is 13.4. The van der Waals surface area contributed by atoms with Crippen molar-refractivity contribution >= 4 is 11.3 Å². The Bertz CT molecular complexity index is 781. The highest BCUT2D eigenvalue weighted by atomic mass is 19.1. The highest BCUT2D eigenvalue weighted by Crippen LogP contribution is 2.22. The number of halogens is 1. The number of ether oxygens (including phenoxy) is 1. The van der Waals surface area contributed by atoms with Crippen LogP contribution in [0, 0.1) is 0 Å². The minimum Gasteiger partial charge on any atom is -0.378 e. The summed E-state index contributed by atoms with van der Waals surface area (Å²) in [6.45, 7) is 0.123. The number of imidazole rings is 1. The molecule has 23 heavy (non-hydrogen) atoms. The van der Waals surface area contributed by atoms with E-state index >= 15 is 0 Å². The first kappa shape index (κ1) is 15.5. The Morgan fingerprint density at radius 3 is 2.65 bits per heavy atom. The van der Waals surface area contributed by atoms with Crippen molar-refractivity contribution in [1.82, 2.24) is 9.38 Å². The van der Waals surface area contributed by atoms with Crippen molar-refractivity contribution in [2.24, 2.45) is 0 Å². The number of pyridine rings is 1. The van der Waals surface area contributed by atoms with Crippen LogP contribution in [-0.4, -0.2) is 36.8 Å². The van der Waals surface area contributed by atoms with E-state index in [0.717, 1.165) is 28.2 Å². The van der Waals surface area contributed by atoms with Crippen molar-refractivity contribution < 1.29 is 9.13 Å². The van der Waals surface area contributed by atoms with Crippen molar-refractivity contribution in [2.45, 2.75) is 6.61 Å². The molecule has 0 bridgehead atoms. The number of hydrogen-bond acceptors (Lipinski definition) is 3. The molecule has 0 spiro atoms. The maximum atomic E-state index is 12.0. The zero-order valence-corrected chi connectivity index (χ0v) is 13.4. The van der Waals surface area contributed by atoms with Gasteiger partial charge in [-0.1, -0.05) is 24.3 Å². The highest BCUT2D eigenvalue weighted by molar-refractivity contribution is 5.65. The zero-order chi connectivity index (χ0) is 16.2. The van der Waals surface area contributed by atoms with Crippen LogP contribution in [0.5, 0.6) is 0 Å². The molecule has 0 aliphatic rings. The molecule has 3 aromatic rings. The van der Waals surface area contributed by atoms with Crippen LogP contribution < -0.4 is 4.90 Å². The van der Waals surface area contributed by atoms with Gasteiger partial charge >= 0.3 is 0 Å². The fourth-order valence-electron chi connectivity index (χ4n) is 2.40. The third-order valence-corrected chi connectivity index (χ3v) is 3.70. The number of aromatic nitrogens is 2. The van der Waals surface area contributed by atoms with Crippen molar-refractivity contribution in [3.05, 3.63) is 54.4 Å². The molecule has 4 nitrogen and oxygen atoms in total. The number of fused-ring (bicyclic) bond motifs is 1. The smallest absolute Gasteiger partial charge is 0.139 e. The monoisotopic (exact) mass is 313 g/mol. The van der Waals surface area contributed by atoms with Gasteiger partial charge in [-0.05, 0) is 11.6 Å². The Morgan fingerprint density at radius 1 is 1.17 bits per heavy atom. The lowest BCUT2D eigenvalue weighted by atomic mass is 10.1. The number of rotatable bonds is 6. The SMILES string of the molecule is CN(C)c1ccn2cc(-c3ccc(COCCF)cc3)nc2c1. The molecular formula is C18H20FN3O. The number of alkyl halides is 1. The standard InChI is InChI=1S/C18H20FN3O/c1-21(2)16-7-9-22-12-17(20-18(22)11-16)15-5-3-14(4-6-15)13-23-10-8-19/h3-7,9,11-12H,8,10,13H2,1-2H3. The van der Waals surface area contributed by atoms with Crippen LogP contribution in [-0.2, 0) is 11.3 Å². The minimum atomic E-state index is -0.450. The largest absolute Gasteiger partial charge is 0.378 e. The molecule has 0 aliphatic carbocycles. The fraction of sp³-hybridized carbons (Fsp3) is 0.278. The summed E-state index contributed by atoms with van der Waals surface area (Å²) in [7, 11) is 4.03. The normalized spacial score (nSPS) is 11.1. The molecule has 5 heteroatoms. The van der Waals surface area contributed by atoms with Crippen LogP contribution in [0.2, 0.25) is 0 Å². The van der Waals surface area contributed by atoms with Crippen LogP contribution >= 0.6 is 0 Å². The molecule has 0 radical (unpaired) electrons. The second-order valence-electron chi connectivity index (χ2n) is 5.61. The summed E-state index contributed by atoms with van der Waals surface area (Å²) >= 11 is 0. The summed E-state index contributed by atoms with van der Waals surface area (Å²) < 4.78 is 19.2. The minimum absolute atomic E-state index is 0.141. The molecule has 0 atom stereocenters. The van der Waals surface area contributed by atoms with E-state index in [4.69, 9.17) is 4.74 Å². The van der Waals surface area contributed by atoms with Crippen LogP contribution in [0.1, 0.15) is 5.56 Å². The molecule has 1 aromatic carbocycles. The Balaban J connectivity index is 1.82. The van der Waals surface area contributed by atoms with Gasteiger partial charge in [-0.15, -0.1) is 0 Å². The average molecular weight is 313 g/mol. The Hall–Kier alpha value is -2.40. The van der Waals surface area contributed by atoms with Crippen LogP contribution in [0.25, 0.3) is 16.9 Å². The summed E-state index contributed by atoms with van der Waals surface area (Å²) in [6.07, 6.45) is 4.03. The van der Waals surface area contributed by atoms with Crippen molar-refractivity contribution in [1.29, 1.82) is 0 Å². The van der Waals surface area contributed by atoms with E-state index in [0.29, 0.717) is 6.61 Å². The number of nitrogens with zero attached hydrogens (tertiary/aromatic N) is 3. The van der Waals surface area contributed by atoms with Gasteiger partial charge in [0.2, 0.25) is 0 Å². The van der Waals surface area contributed by atoms with E-state index < -0.39 is 6.67 Å². The summed E-state index contributed by atoms with van der Waals surface area (Å²) in [4.78, 5) is 6.74. The van der Waals surface area contributed by atoms with Gasteiger partial charge in [0.15, 0.2) is 0 Å². The number of anilines is 1. The van der Waals surface area contributed by atoms with Crippen LogP contribution in [0.4, 0.5) is 10.1 Å². The van der Waals surface area contributed by atoms with Crippen molar-refractivity contribution in [2.75, 3.05) is 32.3 Å². The highest BCUT2D eigenvalue weighted by Gasteiger charge is 2.06. The first-order chi connectivity index (χ1) is 11.2. The quantitative estimate of drug-likeness (QED) is 0.652. The lowest BCUT2D eigenvalue weighted by molar-refractivity contribution is 0.106. The Morgan fingerprint density at radius 2 is 1.96 bits per heavy atom. The summed E-state index contributed by atoms with van der Waals surface area (Å²) in [5.41, 5.74) is 5.05. The molecule has 3 rings (SSSR count). The number of hydrogen-bond donors (Lipinski definition) is 0. The number of benzene rings is 1. The Kier molecular flexibility index (Phi) is 4.57. The molecule has 0 aliphatic heterocycles. The Labute approximate surface area is 135 Å². The molecule has 0 saturated carbocycles. The van der Waals surface area contributed by atoms with Gasteiger partial charge in [-0.2, -0.15) is 0 Å². The van der Waals surface area contributed by atoms with E-state index in [-0.39, 0.29) is 6.61 Å². The van der Waals surface area contributed by atoms with E-state index in [1.54, 1.807) is 0 Å². The van der Waals surface area contributed by atoms with Gasteiger partial charge in [-0.25, -0.2) is 9.37 Å². The molecule has 0 amide bonds. The van der Waals surface area contributed by atoms with Gasteiger partial charge < -0.3 is 14.0 Å². The summed E-state index contributed by atoms with van der Waals surface area (Å²) in [5, 5.41) is 0. The molecule has 0 N–H and O–H groups in total. The molecular weight excluding hydrogens is 293 g/mol. The molecule has 0 fully saturated rings. The fourth-order valence-corrected chi connectivity index (χ4v) is 2.40. The molecule has 120 valence electrons. The molecule has 0 saturated heterocycles. The predicted octanol–water partition coefficient (Wildman–Crippen LogP) is 3.55. The van der Waals surface area contributed by atoms with Gasteiger partial charge in [0.25, 0.3) is 0 Å². The lowest BCUT2D eigenvalue weighted by Crippen LogP contribution is -2.08. The second-order valence-corrected chi connectivity index (χ2v) is 5.61. The first-order valence-electron chi connectivity index (χ1n) is 7.56. The van der Waals surface area contributed by atoms with E-state index in [1.807, 2.05) is 55.2 Å². The van der Waals surface area contributed by atoms with Gasteiger partial charge in [0.1, 0.15) is 12.3 Å². The molecule has 2 heterocycles. The van der Waals surface area contributed by atoms with E-state index in [2.05, 4.69) is 22.0 Å². The topological polar surface area (TPSA) is 29.8 Å². The molecule has 2 aromatic heterocycles. The van der Waals surface area contributed by atoms with Crippen molar-refractivity contribution in [3.63, 3.8) is 0 Å². The summed E-state index contributed by atoms with van der Waals surface area (Å²) in [6, 6.07) is 12.1. The summed E-state index contributed by atoms with van der Waals surface area (Å²) in [5.74, 6) is 0. The maximum absolute atomic E-state index is 12.0. The van der Waals surface area contributed by atoms with Gasteiger partial charge in [0, 0.05) is 43.8 Å². The van der Waals surface area contributed by atoms with E-state index in [1.165, 1.54) is 0 Å². The van der Waals surface area contributed by atoms with E-state index in [9.17, 15) is 4.39 Å². The second kappa shape index (κ2) is 6.79. The van der Waals surface area contributed by atoms with Crippen molar-refractivity contribution in [3.8, 4) is 11.3 Å². The molecule has 0 unspecified atom stereocenters. The third kappa shape index (κ3) is 3.51. The third-order valence-electron chi connectivity index (χ3n) is 3.70. The first-order valence-corrected chi connectivity index (χ1v) is 7.56. The van der Waals surface area contributed by atoms with Crippen LogP contribution in [0.3, 0.4) is 0 Å².